The summed E-state index contributed by atoms with van der Waals surface area (Å²) in [6, 6.07) is 0. The predicted octanol–water partition coefficient (Wildman–Crippen LogP) is -0.563. The summed E-state index contributed by atoms with van der Waals surface area (Å²) in [7, 11) is 1.95. The van der Waals surface area contributed by atoms with Gasteiger partial charge in [-0.3, -0.25) is 15.0 Å². The maximum Gasteiger partial charge on any atom is 0.161 e. The predicted molar refractivity (Wildman–Crippen MR) is 35.1 cm³/mol. The minimum absolute atomic E-state index is 0.0231. The molecular weight excluding hydrogens is 116 g/mol. The number of hydrogen-bond donors (Lipinski definition) is 1. The topological polar surface area (TPSA) is 32.3 Å². The molecule has 1 N–H and O–H groups in total. The first-order valence-corrected chi connectivity index (χ1v) is 3.16. The molecule has 3 nitrogen and oxygen atoms in total. The van der Waals surface area contributed by atoms with Crippen LogP contribution in [0.15, 0.2) is 0 Å². The molecule has 1 atom stereocenters. The maximum absolute atomic E-state index is 10.8. The van der Waals surface area contributed by atoms with Crippen molar-refractivity contribution in [2.24, 2.45) is 0 Å². The summed E-state index contributed by atoms with van der Waals surface area (Å²) in [4.78, 5) is 12.8. The van der Waals surface area contributed by atoms with E-state index in [4.69, 9.17) is 0 Å². The highest BCUT2D eigenvalue weighted by Gasteiger charge is 2.23. The largest absolute Gasteiger partial charge is 0.297 e. The van der Waals surface area contributed by atoms with E-state index in [1.807, 2.05) is 11.9 Å². The Labute approximate surface area is 55.0 Å². The van der Waals surface area contributed by atoms with Crippen LogP contribution in [0.1, 0.15) is 6.92 Å². The van der Waals surface area contributed by atoms with Crippen molar-refractivity contribution in [3.8, 4) is 0 Å². The molecule has 0 aromatic heterocycles. The van der Waals surface area contributed by atoms with Gasteiger partial charge < -0.3 is 0 Å². The Morgan fingerprint density at radius 2 is 2.44 bits per heavy atom. The first-order valence-electron chi connectivity index (χ1n) is 3.16. The zero-order chi connectivity index (χ0) is 6.85. The van der Waals surface area contributed by atoms with Crippen molar-refractivity contribution in [1.29, 1.82) is 0 Å². The van der Waals surface area contributed by atoms with Crippen LogP contribution in [-0.4, -0.2) is 37.0 Å². The van der Waals surface area contributed by atoms with Gasteiger partial charge in [0, 0.05) is 13.1 Å². The van der Waals surface area contributed by atoms with Crippen molar-refractivity contribution < 1.29 is 4.79 Å². The fourth-order valence-corrected chi connectivity index (χ4v) is 1.12. The van der Waals surface area contributed by atoms with Crippen LogP contribution in [0.3, 0.4) is 0 Å². The van der Waals surface area contributed by atoms with Crippen LogP contribution in [0.25, 0.3) is 0 Å². The van der Waals surface area contributed by atoms with Crippen molar-refractivity contribution in [3.05, 3.63) is 0 Å². The number of carbonyl (C=O) groups excluding carboxylic acids is 1. The average Bonchev–Trinajstić information content (AvgIpc) is 2.13. The van der Waals surface area contributed by atoms with Gasteiger partial charge in [-0.05, 0) is 14.0 Å². The van der Waals surface area contributed by atoms with E-state index in [0.717, 1.165) is 13.1 Å². The minimum atomic E-state index is -0.0231. The molecule has 9 heavy (non-hydrogen) atoms. The Morgan fingerprint density at radius 3 is 2.67 bits per heavy atom. The number of Topliss-reactive ketones (excluding diaryl/α,β-unsaturated/α-hetero) is 1. The highest BCUT2D eigenvalue weighted by Crippen LogP contribution is 1.98. The van der Waals surface area contributed by atoms with Crippen molar-refractivity contribution in [2.45, 2.75) is 13.1 Å². The number of ketones is 1. The van der Waals surface area contributed by atoms with Gasteiger partial charge in [0.15, 0.2) is 5.78 Å². The van der Waals surface area contributed by atoms with E-state index >= 15 is 0 Å². The summed E-state index contributed by atoms with van der Waals surface area (Å²) in [5, 5.41) is 3.08. The van der Waals surface area contributed by atoms with Gasteiger partial charge in [-0.15, -0.1) is 0 Å². The van der Waals surface area contributed by atoms with Crippen molar-refractivity contribution in [2.75, 3.05) is 20.1 Å². The molecule has 0 aromatic rings. The molecule has 0 bridgehead atoms. The summed E-state index contributed by atoms with van der Waals surface area (Å²) in [5.41, 5.74) is 0. The Morgan fingerprint density at radius 1 is 1.78 bits per heavy atom. The van der Waals surface area contributed by atoms with E-state index in [-0.39, 0.29) is 11.9 Å². The molecule has 1 saturated heterocycles. The van der Waals surface area contributed by atoms with Gasteiger partial charge in [-0.25, -0.2) is 0 Å². The smallest absolute Gasteiger partial charge is 0.161 e. The van der Waals surface area contributed by atoms with E-state index in [1.165, 1.54) is 0 Å². The van der Waals surface area contributed by atoms with Crippen molar-refractivity contribution in [1.82, 2.24) is 10.2 Å². The molecule has 1 heterocycles. The van der Waals surface area contributed by atoms with Gasteiger partial charge in [0.05, 0.1) is 0 Å². The first-order chi connectivity index (χ1) is 4.22. The van der Waals surface area contributed by atoms with Crippen molar-refractivity contribution >= 4 is 5.78 Å². The van der Waals surface area contributed by atoms with E-state index in [1.54, 1.807) is 6.92 Å². The number of carbonyl (C=O) groups is 1. The monoisotopic (exact) mass is 128 g/mol. The molecule has 0 saturated carbocycles. The summed E-state index contributed by atoms with van der Waals surface area (Å²) in [6.45, 7) is 3.52. The summed E-state index contributed by atoms with van der Waals surface area (Å²) in [6.07, 6.45) is -0.0231. The Bertz CT molecular complexity index is 124. The third-order valence-corrected chi connectivity index (χ3v) is 1.63. The van der Waals surface area contributed by atoms with Crippen LogP contribution in [0.2, 0.25) is 0 Å². The van der Waals surface area contributed by atoms with Crippen LogP contribution < -0.4 is 5.32 Å². The Balaban J connectivity index is 2.49. The third kappa shape index (κ3) is 1.28. The number of likely N-dealkylation sites (N-methyl/N-ethyl adjacent to an activating group) is 1. The van der Waals surface area contributed by atoms with E-state index < -0.39 is 0 Å². The summed E-state index contributed by atoms with van der Waals surface area (Å²) in [5.74, 6) is 0.204. The molecule has 0 spiro atoms. The molecular formula is C6H12N2O. The summed E-state index contributed by atoms with van der Waals surface area (Å²) < 4.78 is 0. The van der Waals surface area contributed by atoms with Gasteiger partial charge in [-0.2, -0.15) is 0 Å². The zero-order valence-electron chi connectivity index (χ0n) is 5.85. The second-order valence-corrected chi connectivity index (χ2v) is 2.45. The van der Waals surface area contributed by atoms with Crippen LogP contribution in [-0.2, 0) is 4.79 Å². The zero-order valence-corrected chi connectivity index (χ0v) is 5.85. The maximum atomic E-state index is 10.8. The van der Waals surface area contributed by atoms with Crippen LogP contribution in [0.5, 0.6) is 0 Å². The minimum Gasteiger partial charge on any atom is -0.297 e. The molecule has 1 rings (SSSR count). The fraction of sp³-hybridized carbons (Fsp3) is 0.833. The first kappa shape index (κ1) is 6.71. The number of rotatable bonds is 1. The average molecular weight is 128 g/mol. The van der Waals surface area contributed by atoms with Crippen molar-refractivity contribution in [3.63, 3.8) is 0 Å². The Kier molecular flexibility index (Phi) is 1.83. The fourth-order valence-electron chi connectivity index (χ4n) is 1.12. The molecule has 1 fully saturated rings. The quantitative estimate of drug-likeness (QED) is 0.513. The number of nitrogens with one attached hydrogen (secondary N) is 1. The van der Waals surface area contributed by atoms with Gasteiger partial charge in [-0.1, -0.05) is 0 Å². The van der Waals surface area contributed by atoms with Gasteiger partial charge in [0.1, 0.15) is 6.17 Å². The highest BCUT2D eigenvalue weighted by molar-refractivity contribution is 5.81. The van der Waals surface area contributed by atoms with E-state index in [2.05, 4.69) is 5.32 Å². The third-order valence-electron chi connectivity index (χ3n) is 1.63. The summed E-state index contributed by atoms with van der Waals surface area (Å²) >= 11 is 0. The van der Waals surface area contributed by atoms with E-state index in [0.29, 0.717) is 0 Å². The molecule has 1 aliphatic rings. The lowest BCUT2D eigenvalue weighted by Crippen LogP contribution is -2.38. The molecule has 52 valence electrons. The van der Waals surface area contributed by atoms with Gasteiger partial charge in [0.2, 0.25) is 0 Å². The van der Waals surface area contributed by atoms with Crippen LogP contribution >= 0.6 is 0 Å². The normalized spacial score (nSPS) is 28.9. The SMILES string of the molecule is CC(=O)C1NCCN1C. The second kappa shape index (κ2) is 2.45. The molecule has 1 unspecified atom stereocenters. The van der Waals surface area contributed by atoms with Crippen LogP contribution in [0, 0.1) is 0 Å². The van der Waals surface area contributed by atoms with E-state index in [9.17, 15) is 4.79 Å². The molecule has 0 radical (unpaired) electrons. The molecule has 0 aromatic carbocycles. The molecule has 0 aliphatic carbocycles. The highest BCUT2D eigenvalue weighted by atomic mass is 16.1. The van der Waals surface area contributed by atoms with Crippen LogP contribution in [0.4, 0.5) is 0 Å². The lowest BCUT2D eigenvalue weighted by atomic mass is 10.3. The van der Waals surface area contributed by atoms with Gasteiger partial charge >= 0.3 is 0 Å². The second-order valence-electron chi connectivity index (χ2n) is 2.45. The lowest BCUT2D eigenvalue weighted by molar-refractivity contribution is -0.121. The number of nitrogens with zero attached hydrogens (tertiary/aromatic N) is 1. The molecule has 3 heteroatoms. The Hall–Kier alpha value is -0.410. The number of hydrogen-bond acceptors (Lipinski definition) is 3. The molecule has 0 amide bonds. The standard InChI is InChI=1S/C6H12N2O/c1-5(9)6-7-3-4-8(6)2/h6-7H,3-4H2,1-2H3. The molecule has 1 aliphatic heterocycles. The lowest BCUT2D eigenvalue weighted by Gasteiger charge is -2.14. The van der Waals surface area contributed by atoms with Gasteiger partial charge in [0.25, 0.3) is 0 Å².